The van der Waals surface area contributed by atoms with Crippen LogP contribution < -0.4 is 18.1 Å². The molecule has 0 saturated heterocycles. The van der Waals surface area contributed by atoms with E-state index in [1.165, 1.54) is 24.3 Å². The summed E-state index contributed by atoms with van der Waals surface area (Å²) < 4.78 is 46.6. The van der Waals surface area contributed by atoms with Crippen molar-refractivity contribution in [2.75, 3.05) is 0 Å². The van der Waals surface area contributed by atoms with E-state index < -0.39 is 15.6 Å². The van der Waals surface area contributed by atoms with Gasteiger partial charge in [0.2, 0.25) is 0 Å². The van der Waals surface area contributed by atoms with Gasteiger partial charge in [-0.25, -0.2) is 9.13 Å². The topological polar surface area (TPSA) is 112 Å². The number of hydrogen-bond acceptors (Lipinski definition) is 6. The van der Waals surface area contributed by atoms with Crippen LogP contribution in [0.1, 0.15) is 49.9 Å². The van der Waals surface area contributed by atoms with Crippen LogP contribution in [0.15, 0.2) is 60.7 Å². The molecule has 0 bridgehead atoms. The molecule has 0 aliphatic rings. The van der Waals surface area contributed by atoms with Gasteiger partial charge in [0.15, 0.2) is 0 Å². The van der Waals surface area contributed by atoms with Crippen LogP contribution in [-0.2, 0) is 34.8 Å². The molecular weight excluding hydrogens is 502 g/mol. The van der Waals surface area contributed by atoms with Crippen LogP contribution in [0.3, 0.4) is 0 Å². The van der Waals surface area contributed by atoms with Crippen LogP contribution in [0.2, 0.25) is 0 Å². The molecule has 2 N–H and O–H groups in total. The highest BCUT2D eigenvalue weighted by molar-refractivity contribution is 7.48. The monoisotopic (exact) mass is 534 g/mol. The molecule has 0 aliphatic heterocycles. The van der Waals surface area contributed by atoms with Gasteiger partial charge in [0.25, 0.3) is 0 Å². The highest BCUT2D eigenvalue weighted by Crippen LogP contribution is 2.49. The summed E-state index contributed by atoms with van der Waals surface area (Å²) in [6.45, 7) is 7.85. The number of rotatable bonds is 12. The Balaban J connectivity index is 1.75. The Hall–Kier alpha value is -2.76. The molecule has 0 aliphatic carbocycles. The Bertz CT molecular complexity index is 1200. The maximum atomic E-state index is 12.7. The lowest BCUT2D eigenvalue weighted by Gasteiger charge is -2.19. The zero-order valence-electron chi connectivity index (χ0n) is 20.8. The second-order valence-electron chi connectivity index (χ2n) is 7.98. The Morgan fingerprint density at radius 2 is 0.972 bits per heavy atom. The number of phosphoric ester groups is 2. The van der Waals surface area contributed by atoms with Crippen LogP contribution in [0.4, 0.5) is 0 Å². The molecule has 36 heavy (non-hydrogen) atoms. The smallest absolute Gasteiger partial charge is 0.395 e. The molecule has 0 amide bonds. The Labute approximate surface area is 212 Å². The van der Waals surface area contributed by atoms with E-state index >= 15 is 0 Å². The maximum Gasteiger partial charge on any atom is 0.584 e. The van der Waals surface area contributed by atoms with E-state index in [9.17, 15) is 18.9 Å². The first-order chi connectivity index (χ1) is 17.1. The predicted molar refractivity (Wildman–Crippen MR) is 139 cm³/mol. The summed E-state index contributed by atoms with van der Waals surface area (Å²) in [5.74, 6) is 0.379. The van der Waals surface area contributed by atoms with Crippen molar-refractivity contribution in [1.29, 1.82) is 0 Å². The van der Waals surface area contributed by atoms with Gasteiger partial charge in [-0.3, -0.25) is 9.79 Å². The van der Waals surface area contributed by atoms with Crippen molar-refractivity contribution in [1.82, 2.24) is 0 Å². The molecule has 0 aromatic heterocycles. The van der Waals surface area contributed by atoms with Gasteiger partial charge in [0.05, 0.1) is 0 Å². The first-order valence-corrected chi connectivity index (χ1v) is 14.9. The van der Waals surface area contributed by atoms with Crippen molar-refractivity contribution in [2.24, 2.45) is 0 Å². The normalized spacial score (nSPS) is 14.4. The first-order valence-electron chi connectivity index (χ1n) is 11.9. The van der Waals surface area contributed by atoms with E-state index in [1.54, 1.807) is 24.3 Å². The highest BCUT2D eigenvalue weighted by atomic mass is 31.2. The van der Waals surface area contributed by atoms with E-state index in [2.05, 4.69) is 0 Å². The van der Waals surface area contributed by atoms with Gasteiger partial charge < -0.3 is 18.1 Å². The summed E-state index contributed by atoms with van der Waals surface area (Å²) in [5, 5.41) is 0. The highest BCUT2D eigenvalue weighted by Gasteiger charge is 2.29. The molecule has 0 heterocycles. The van der Waals surface area contributed by atoms with E-state index in [0.717, 1.165) is 35.1 Å². The summed E-state index contributed by atoms with van der Waals surface area (Å²) in [6.07, 6.45) is 2.75. The molecule has 2 unspecified atom stereocenters. The van der Waals surface area contributed by atoms with E-state index in [0.29, 0.717) is 12.8 Å². The SMILES string of the molecule is CCc1cccc(OP(=O)(O)Oc2cccc(OP(=O)(O)Oc3cccc(CC)c3CC)c2)c1CC. The molecule has 8 nitrogen and oxygen atoms in total. The summed E-state index contributed by atoms with van der Waals surface area (Å²) in [5.41, 5.74) is 3.68. The van der Waals surface area contributed by atoms with Gasteiger partial charge in [-0.05, 0) is 72.2 Å². The average molecular weight is 534 g/mol. The summed E-state index contributed by atoms with van der Waals surface area (Å²) in [7, 11) is -9.14. The Kier molecular flexibility index (Phi) is 9.26. The molecular formula is C26H32O8P2. The third-order valence-corrected chi connectivity index (χ3v) is 7.34. The average Bonchev–Trinajstić information content (AvgIpc) is 2.82. The van der Waals surface area contributed by atoms with Crippen LogP contribution in [0.25, 0.3) is 0 Å². The largest absolute Gasteiger partial charge is 0.584 e. The van der Waals surface area contributed by atoms with Gasteiger partial charge in [0, 0.05) is 6.07 Å². The van der Waals surface area contributed by atoms with E-state index in [4.69, 9.17) is 18.1 Å². The molecule has 3 aromatic carbocycles. The van der Waals surface area contributed by atoms with Crippen molar-refractivity contribution in [3.05, 3.63) is 82.9 Å². The Morgan fingerprint density at radius 1 is 0.583 bits per heavy atom. The van der Waals surface area contributed by atoms with Gasteiger partial charge in [-0.1, -0.05) is 58.0 Å². The van der Waals surface area contributed by atoms with Crippen LogP contribution >= 0.6 is 15.6 Å². The fourth-order valence-corrected chi connectivity index (χ4v) is 5.67. The molecule has 0 fully saturated rings. The quantitative estimate of drug-likeness (QED) is 0.238. The van der Waals surface area contributed by atoms with E-state index in [1.807, 2.05) is 39.8 Å². The number of benzene rings is 3. The third kappa shape index (κ3) is 7.14. The standard InChI is InChI=1S/C26H32O8P2/c1-5-19-12-9-16-25(23(19)7-3)33-35(27,28)31-21-14-11-15-22(18-21)32-36(29,30)34-26-17-10-13-20(6-2)24(26)8-4/h9-18H,5-8H2,1-4H3,(H,27,28)(H,29,30). The summed E-state index contributed by atoms with van der Waals surface area (Å²) in [4.78, 5) is 20.7. The van der Waals surface area contributed by atoms with Crippen LogP contribution in [0, 0.1) is 0 Å². The zero-order chi connectivity index (χ0) is 26.3. The molecule has 2 atom stereocenters. The van der Waals surface area contributed by atoms with Crippen molar-refractivity contribution in [3.8, 4) is 23.0 Å². The molecule has 194 valence electrons. The zero-order valence-corrected chi connectivity index (χ0v) is 22.6. The molecule has 0 spiro atoms. The summed E-state index contributed by atoms with van der Waals surface area (Å²) in [6, 6.07) is 16.1. The minimum atomic E-state index is -4.57. The molecule has 3 rings (SSSR count). The van der Waals surface area contributed by atoms with Gasteiger partial charge >= 0.3 is 15.6 Å². The number of aryl methyl sites for hydroxylation is 2. The van der Waals surface area contributed by atoms with Crippen molar-refractivity contribution < 1.29 is 37.0 Å². The fourth-order valence-electron chi connectivity index (χ4n) is 4.00. The minimum absolute atomic E-state index is 0.0785. The van der Waals surface area contributed by atoms with E-state index in [-0.39, 0.29) is 23.0 Å². The van der Waals surface area contributed by atoms with Gasteiger partial charge in [-0.15, -0.1) is 0 Å². The number of hydrogen-bond donors (Lipinski definition) is 2. The van der Waals surface area contributed by atoms with Gasteiger partial charge in [0.1, 0.15) is 23.0 Å². The van der Waals surface area contributed by atoms with Crippen molar-refractivity contribution in [3.63, 3.8) is 0 Å². The van der Waals surface area contributed by atoms with Gasteiger partial charge in [-0.2, -0.15) is 0 Å². The minimum Gasteiger partial charge on any atom is -0.395 e. The second-order valence-corrected chi connectivity index (χ2v) is 10.6. The van der Waals surface area contributed by atoms with Crippen LogP contribution in [-0.4, -0.2) is 9.79 Å². The van der Waals surface area contributed by atoms with Crippen LogP contribution in [0.5, 0.6) is 23.0 Å². The second kappa shape index (κ2) is 12.0. The third-order valence-electron chi connectivity index (χ3n) is 5.60. The molecule has 3 aromatic rings. The molecule has 10 heteroatoms. The summed E-state index contributed by atoms with van der Waals surface area (Å²) >= 11 is 0. The molecule has 0 radical (unpaired) electrons. The number of phosphoric acid groups is 2. The lowest BCUT2D eigenvalue weighted by Crippen LogP contribution is -2.04. The maximum absolute atomic E-state index is 12.7. The fraction of sp³-hybridized carbons (Fsp3) is 0.308. The molecule has 0 saturated carbocycles. The lowest BCUT2D eigenvalue weighted by molar-refractivity contribution is 0.287. The van der Waals surface area contributed by atoms with Crippen molar-refractivity contribution in [2.45, 2.75) is 53.4 Å². The van der Waals surface area contributed by atoms with Crippen molar-refractivity contribution >= 4 is 15.6 Å². The lowest BCUT2D eigenvalue weighted by atomic mass is 10.0. The first kappa shape index (κ1) is 27.8. The predicted octanol–water partition coefficient (Wildman–Crippen LogP) is 7.05. The Morgan fingerprint density at radius 3 is 1.33 bits per heavy atom.